The highest BCUT2D eigenvalue weighted by atomic mass is 35.5. The SMILES string of the molecule is CC(C)C(=O)Nc1ccc(Cl)c(C(=O)NCC2CNC2)c1.Cl. The van der Waals surface area contributed by atoms with Crippen LogP contribution >= 0.6 is 24.0 Å². The van der Waals surface area contributed by atoms with Crippen LogP contribution < -0.4 is 16.0 Å². The molecule has 0 saturated carbocycles. The lowest BCUT2D eigenvalue weighted by Crippen LogP contribution is -2.48. The number of nitrogens with one attached hydrogen (secondary N) is 3. The summed E-state index contributed by atoms with van der Waals surface area (Å²) in [6.07, 6.45) is 0. The van der Waals surface area contributed by atoms with Gasteiger partial charge in [0.05, 0.1) is 10.6 Å². The Morgan fingerprint density at radius 3 is 2.59 bits per heavy atom. The van der Waals surface area contributed by atoms with E-state index in [1.807, 2.05) is 13.8 Å². The van der Waals surface area contributed by atoms with E-state index in [4.69, 9.17) is 11.6 Å². The van der Waals surface area contributed by atoms with Gasteiger partial charge in [-0.3, -0.25) is 9.59 Å². The van der Waals surface area contributed by atoms with Crippen LogP contribution in [-0.2, 0) is 4.79 Å². The van der Waals surface area contributed by atoms with Gasteiger partial charge in [0.15, 0.2) is 0 Å². The summed E-state index contributed by atoms with van der Waals surface area (Å²) in [6, 6.07) is 4.92. The number of carbonyl (C=O) groups is 2. The van der Waals surface area contributed by atoms with Crippen LogP contribution in [0.15, 0.2) is 18.2 Å². The maximum Gasteiger partial charge on any atom is 0.252 e. The van der Waals surface area contributed by atoms with Gasteiger partial charge in [0.2, 0.25) is 5.91 Å². The van der Waals surface area contributed by atoms with Gasteiger partial charge in [-0.2, -0.15) is 0 Å². The van der Waals surface area contributed by atoms with Crippen molar-refractivity contribution in [3.05, 3.63) is 28.8 Å². The first-order chi connectivity index (χ1) is 9.97. The van der Waals surface area contributed by atoms with E-state index < -0.39 is 0 Å². The highest BCUT2D eigenvalue weighted by Crippen LogP contribution is 2.21. The van der Waals surface area contributed by atoms with E-state index in [-0.39, 0.29) is 30.1 Å². The van der Waals surface area contributed by atoms with Gasteiger partial charge in [-0.15, -0.1) is 12.4 Å². The van der Waals surface area contributed by atoms with Crippen molar-refractivity contribution in [1.29, 1.82) is 0 Å². The molecule has 122 valence electrons. The van der Waals surface area contributed by atoms with Crippen LogP contribution in [0.1, 0.15) is 24.2 Å². The molecule has 7 heteroatoms. The van der Waals surface area contributed by atoms with Crippen molar-refractivity contribution >= 4 is 41.5 Å². The fraction of sp³-hybridized carbons (Fsp3) is 0.467. The number of anilines is 1. The summed E-state index contributed by atoms with van der Waals surface area (Å²) in [5, 5.41) is 9.16. The van der Waals surface area contributed by atoms with Gasteiger partial charge < -0.3 is 16.0 Å². The summed E-state index contributed by atoms with van der Waals surface area (Å²) in [5.74, 6) is 0.0531. The molecule has 1 aromatic rings. The third-order valence-electron chi connectivity index (χ3n) is 3.42. The minimum Gasteiger partial charge on any atom is -0.352 e. The first-order valence-electron chi connectivity index (χ1n) is 7.06. The average Bonchev–Trinajstić information content (AvgIpc) is 2.38. The molecule has 0 atom stereocenters. The molecule has 2 rings (SSSR count). The molecule has 0 bridgehead atoms. The molecule has 1 aliphatic heterocycles. The molecule has 1 aromatic carbocycles. The van der Waals surface area contributed by atoms with Crippen molar-refractivity contribution in [1.82, 2.24) is 10.6 Å². The number of rotatable bonds is 5. The highest BCUT2D eigenvalue weighted by Gasteiger charge is 2.19. The predicted octanol–water partition coefficient (Wildman–Crippen LogP) is 2.31. The Bertz CT molecular complexity index is 546. The lowest BCUT2D eigenvalue weighted by molar-refractivity contribution is -0.118. The number of halogens is 2. The van der Waals surface area contributed by atoms with E-state index in [9.17, 15) is 9.59 Å². The summed E-state index contributed by atoms with van der Waals surface area (Å²) >= 11 is 6.07. The van der Waals surface area contributed by atoms with Crippen LogP contribution in [0.4, 0.5) is 5.69 Å². The molecule has 3 N–H and O–H groups in total. The third kappa shape index (κ3) is 4.87. The number of amides is 2. The molecule has 22 heavy (non-hydrogen) atoms. The lowest BCUT2D eigenvalue weighted by Gasteiger charge is -2.27. The first-order valence-corrected chi connectivity index (χ1v) is 7.44. The van der Waals surface area contributed by atoms with Crippen molar-refractivity contribution in [2.45, 2.75) is 13.8 Å². The zero-order valence-corrected chi connectivity index (χ0v) is 14.2. The van der Waals surface area contributed by atoms with Crippen molar-refractivity contribution in [2.75, 3.05) is 25.0 Å². The number of benzene rings is 1. The van der Waals surface area contributed by atoms with Gasteiger partial charge in [-0.25, -0.2) is 0 Å². The maximum absolute atomic E-state index is 12.2. The fourth-order valence-electron chi connectivity index (χ4n) is 1.89. The second-order valence-corrected chi connectivity index (χ2v) is 5.98. The zero-order chi connectivity index (χ0) is 15.4. The molecule has 0 radical (unpaired) electrons. The topological polar surface area (TPSA) is 70.2 Å². The van der Waals surface area contributed by atoms with Gasteiger partial charge in [-0.05, 0) is 18.2 Å². The summed E-state index contributed by atoms with van der Waals surface area (Å²) in [7, 11) is 0. The lowest BCUT2D eigenvalue weighted by atomic mass is 10.0. The summed E-state index contributed by atoms with van der Waals surface area (Å²) in [4.78, 5) is 23.8. The highest BCUT2D eigenvalue weighted by molar-refractivity contribution is 6.34. The first kappa shape index (κ1) is 18.7. The standard InChI is InChI=1S/C15H20ClN3O2.ClH/c1-9(2)14(20)19-11-3-4-13(16)12(5-11)15(21)18-8-10-6-17-7-10;/h3-5,9-10,17H,6-8H2,1-2H3,(H,18,21)(H,19,20);1H. The molecule has 1 saturated heterocycles. The molecule has 0 unspecified atom stereocenters. The quantitative estimate of drug-likeness (QED) is 0.766. The van der Waals surface area contributed by atoms with E-state index in [1.165, 1.54) is 0 Å². The van der Waals surface area contributed by atoms with Crippen LogP contribution in [0, 0.1) is 11.8 Å². The number of hydrogen-bond donors (Lipinski definition) is 3. The van der Waals surface area contributed by atoms with Crippen LogP contribution in [0.25, 0.3) is 0 Å². The van der Waals surface area contributed by atoms with Gasteiger partial charge in [-0.1, -0.05) is 25.4 Å². The summed E-state index contributed by atoms with van der Waals surface area (Å²) in [5.41, 5.74) is 0.957. The van der Waals surface area contributed by atoms with Crippen LogP contribution in [0.3, 0.4) is 0 Å². The molecule has 0 aromatic heterocycles. The molecular weight excluding hydrogens is 325 g/mol. The number of hydrogen-bond acceptors (Lipinski definition) is 3. The smallest absolute Gasteiger partial charge is 0.252 e. The van der Waals surface area contributed by atoms with Crippen molar-refractivity contribution in [2.24, 2.45) is 11.8 Å². The molecule has 1 fully saturated rings. The minimum atomic E-state index is -0.215. The van der Waals surface area contributed by atoms with Crippen LogP contribution in [-0.4, -0.2) is 31.4 Å². The number of carbonyl (C=O) groups excluding carboxylic acids is 2. The Kier molecular flexibility index (Phi) is 7.13. The largest absolute Gasteiger partial charge is 0.352 e. The van der Waals surface area contributed by atoms with E-state index in [1.54, 1.807) is 18.2 Å². The Labute approximate surface area is 141 Å². The molecule has 0 spiro atoms. The van der Waals surface area contributed by atoms with E-state index in [0.29, 0.717) is 28.7 Å². The monoisotopic (exact) mass is 345 g/mol. The summed E-state index contributed by atoms with van der Waals surface area (Å²) < 4.78 is 0. The van der Waals surface area contributed by atoms with Gasteiger partial charge in [0.1, 0.15) is 0 Å². The van der Waals surface area contributed by atoms with Gasteiger partial charge in [0.25, 0.3) is 5.91 Å². The fourth-order valence-corrected chi connectivity index (χ4v) is 2.09. The van der Waals surface area contributed by atoms with Crippen molar-refractivity contribution in [3.63, 3.8) is 0 Å². The second kappa shape index (κ2) is 8.36. The van der Waals surface area contributed by atoms with Gasteiger partial charge >= 0.3 is 0 Å². The molecule has 5 nitrogen and oxygen atoms in total. The zero-order valence-electron chi connectivity index (χ0n) is 12.6. The summed E-state index contributed by atoms with van der Waals surface area (Å²) in [6.45, 7) is 6.11. The Morgan fingerprint density at radius 2 is 2.05 bits per heavy atom. The molecule has 1 aliphatic rings. The van der Waals surface area contributed by atoms with E-state index >= 15 is 0 Å². The molecule has 2 amide bonds. The molecule has 0 aliphatic carbocycles. The Balaban J connectivity index is 0.00000242. The molecule has 1 heterocycles. The third-order valence-corrected chi connectivity index (χ3v) is 3.75. The van der Waals surface area contributed by atoms with Crippen molar-refractivity contribution < 1.29 is 9.59 Å². The van der Waals surface area contributed by atoms with Crippen LogP contribution in [0.2, 0.25) is 5.02 Å². The predicted molar refractivity (Wildman–Crippen MR) is 90.9 cm³/mol. The van der Waals surface area contributed by atoms with E-state index in [0.717, 1.165) is 13.1 Å². The average molecular weight is 346 g/mol. The van der Waals surface area contributed by atoms with Crippen molar-refractivity contribution in [3.8, 4) is 0 Å². The Hall–Kier alpha value is -1.30. The normalized spacial score (nSPS) is 14.0. The minimum absolute atomic E-state index is 0. The second-order valence-electron chi connectivity index (χ2n) is 5.57. The maximum atomic E-state index is 12.2. The Morgan fingerprint density at radius 1 is 1.36 bits per heavy atom. The van der Waals surface area contributed by atoms with Gasteiger partial charge in [0, 0.05) is 37.2 Å². The van der Waals surface area contributed by atoms with Crippen LogP contribution in [0.5, 0.6) is 0 Å². The van der Waals surface area contributed by atoms with E-state index in [2.05, 4.69) is 16.0 Å². The molecular formula is C15H21Cl2N3O2.